The van der Waals surface area contributed by atoms with Crippen LogP contribution in [0.1, 0.15) is 22.8 Å². The molecule has 1 aliphatic heterocycles. The minimum absolute atomic E-state index is 0.0510. The van der Waals surface area contributed by atoms with Crippen LogP contribution in [0.2, 0.25) is 0 Å². The fraction of sp³-hybridized carbons (Fsp3) is 0.217. The first-order chi connectivity index (χ1) is 15.5. The summed E-state index contributed by atoms with van der Waals surface area (Å²) >= 11 is 0.871. The Morgan fingerprint density at radius 3 is 2.44 bits per heavy atom. The zero-order valence-corrected chi connectivity index (χ0v) is 18.3. The minimum Gasteiger partial charge on any atom is -0.494 e. The topological polar surface area (TPSA) is 105 Å². The Kier molecular flexibility index (Phi) is 8.04. The summed E-state index contributed by atoms with van der Waals surface area (Å²) in [5.74, 6) is -0.536. The van der Waals surface area contributed by atoms with Gasteiger partial charge in [-0.1, -0.05) is 30.3 Å². The highest BCUT2D eigenvalue weighted by Crippen LogP contribution is 2.31. The van der Waals surface area contributed by atoms with Gasteiger partial charge in [0.05, 0.1) is 18.1 Å². The van der Waals surface area contributed by atoms with Crippen LogP contribution < -0.4 is 15.4 Å². The molecule has 0 bridgehead atoms. The van der Waals surface area contributed by atoms with Crippen LogP contribution in [0.3, 0.4) is 0 Å². The van der Waals surface area contributed by atoms with Crippen LogP contribution in [-0.4, -0.2) is 54.1 Å². The smallest absolute Gasteiger partial charge is 0.293 e. The Bertz CT molecular complexity index is 1020. The Balaban J connectivity index is 1.42. The van der Waals surface area contributed by atoms with Crippen molar-refractivity contribution in [1.29, 1.82) is 0 Å². The summed E-state index contributed by atoms with van der Waals surface area (Å²) < 4.78 is 5.32. The predicted molar refractivity (Wildman–Crippen MR) is 122 cm³/mol. The number of hydrogen-bond donors (Lipinski definition) is 2. The predicted octanol–water partition coefficient (Wildman–Crippen LogP) is 2.67. The molecule has 0 atom stereocenters. The average Bonchev–Trinajstić information content (AvgIpc) is 3.06. The third-order valence-electron chi connectivity index (χ3n) is 4.47. The van der Waals surface area contributed by atoms with Crippen molar-refractivity contribution in [2.24, 2.45) is 0 Å². The van der Waals surface area contributed by atoms with Gasteiger partial charge in [-0.2, -0.15) is 0 Å². The number of thioether (sulfide) groups is 1. The van der Waals surface area contributed by atoms with E-state index < -0.39 is 5.91 Å². The van der Waals surface area contributed by atoms with E-state index in [0.29, 0.717) is 22.8 Å². The van der Waals surface area contributed by atoms with E-state index in [9.17, 15) is 19.2 Å². The standard InChI is InChI=1S/C23H23N3O5S/c1-2-31-18-10-8-17(9-11-18)21(28)25-15-20(27)24-12-13-26-22(29)19(32-23(26)30)14-16-6-4-3-5-7-16/h3-11,14H,2,12-13,15H2,1H3,(H,24,27)(H,25,28)/b19-14-. The number of benzene rings is 2. The van der Waals surface area contributed by atoms with Gasteiger partial charge in [-0.05, 0) is 54.6 Å². The van der Waals surface area contributed by atoms with Gasteiger partial charge in [-0.15, -0.1) is 0 Å². The molecule has 0 saturated carbocycles. The molecule has 166 valence electrons. The minimum atomic E-state index is -0.420. The van der Waals surface area contributed by atoms with Crippen molar-refractivity contribution in [3.8, 4) is 5.75 Å². The summed E-state index contributed by atoms with van der Waals surface area (Å²) in [6.45, 7) is 2.32. The number of amides is 4. The van der Waals surface area contributed by atoms with Crippen molar-refractivity contribution in [3.05, 3.63) is 70.6 Å². The summed E-state index contributed by atoms with van der Waals surface area (Å²) in [4.78, 5) is 50.2. The van der Waals surface area contributed by atoms with Crippen LogP contribution in [0, 0.1) is 0 Å². The maximum Gasteiger partial charge on any atom is 0.293 e. The highest BCUT2D eigenvalue weighted by molar-refractivity contribution is 8.18. The van der Waals surface area contributed by atoms with Gasteiger partial charge in [-0.3, -0.25) is 24.1 Å². The van der Waals surface area contributed by atoms with Crippen LogP contribution in [0.4, 0.5) is 4.79 Å². The van der Waals surface area contributed by atoms with Gasteiger partial charge >= 0.3 is 0 Å². The molecular formula is C23H23N3O5S. The quantitative estimate of drug-likeness (QED) is 0.566. The summed E-state index contributed by atoms with van der Waals surface area (Å²) in [5.41, 5.74) is 1.24. The molecule has 3 rings (SSSR count). The van der Waals surface area contributed by atoms with Gasteiger partial charge in [-0.25, -0.2) is 0 Å². The number of hydrogen-bond acceptors (Lipinski definition) is 6. The highest BCUT2D eigenvalue weighted by atomic mass is 32.2. The highest BCUT2D eigenvalue weighted by Gasteiger charge is 2.34. The number of ether oxygens (including phenoxy) is 1. The molecular weight excluding hydrogens is 430 g/mol. The Morgan fingerprint density at radius 1 is 1.03 bits per heavy atom. The molecule has 0 aliphatic carbocycles. The number of nitrogens with one attached hydrogen (secondary N) is 2. The Hall–Kier alpha value is -3.59. The second-order valence-corrected chi connectivity index (χ2v) is 7.73. The molecule has 9 heteroatoms. The van der Waals surface area contributed by atoms with Crippen LogP contribution in [0.25, 0.3) is 6.08 Å². The van der Waals surface area contributed by atoms with E-state index in [2.05, 4.69) is 10.6 Å². The Labute approximate surface area is 190 Å². The summed E-state index contributed by atoms with van der Waals surface area (Å²) in [6, 6.07) is 15.8. The lowest BCUT2D eigenvalue weighted by atomic mass is 10.2. The van der Waals surface area contributed by atoms with E-state index in [1.807, 2.05) is 37.3 Å². The van der Waals surface area contributed by atoms with E-state index in [4.69, 9.17) is 4.74 Å². The van der Waals surface area contributed by atoms with E-state index in [1.54, 1.807) is 30.3 Å². The molecule has 2 N–H and O–H groups in total. The van der Waals surface area contributed by atoms with Gasteiger partial charge in [0, 0.05) is 18.7 Å². The first-order valence-electron chi connectivity index (χ1n) is 10.1. The zero-order chi connectivity index (χ0) is 22.9. The summed E-state index contributed by atoms with van der Waals surface area (Å²) in [6.07, 6.45) is 1.67. The lowest BCUT2D eigenvalue weighted by molar-refractivity contribution is -0.124. The van der Waals surface area contributed by atoms with E-state index >= 15 is 0 Å². The molecule has 1 fully saturated rings. The largest absolute Gasteiger partial charge is 0.494 e. The molecule has 0 radical (unpaired) electrons. The average molecular weight is 454 g/mol. The number of carbonyl (C=O) groups is 4. The molecule has 8 nitrogen and oxygen atoms in total. The molecule has 0 unspecified atom stereocenters. The van der Waals surface area contributed by atoms with Gasteiger partial charge in [0.15, 0.2) is 0 Å². The first kappa shape index (κ1) is 23.1. The number of nitrogens with zero attached hydrogens (tertiary/aromatic N) is 1. The third-order valence-corrected chi connectivity index (χ3v) is 5.37. The van der Waals surface area contributed by atoms with E-state index in [0.717, 1.165) is 22.2 Å². The van der Waals surface area contributed by atoms with Crippen LogP contribution >= 0.6 is 11.8 Å². The van der Waals surface area contributed by atoms with Gasteiger partial charge in [0.1, 0.15) is 5.75 Å². The normalized spacial score (nSPS) is 14.5. The molecule has 0 aromatic heterocycles. The lowest BCUT2D eigenvalue weighted by Crippen LogP contribution is -2.41. The molecule has 0 spiro atoms. The van der Waals surface area contributed by atoms with E-state index in [1.165, 1.54) is 0 Å². The van der Waals surface area contributed by atoms with E-state index in [-0.39, 0.29) is 36.7 Å². The molecule has 1 aliphatic rings. The molecule has 2 aromatic rings. The van der Waals surface area contributed by atoms with Gasteiger partial charge in [0.2, 0.25) is 5.91 Å². The van der Waals surface area contributed by atoms with Crippen LogP contribution in [0.5, 0.6) is 5.75 Å². The number of rotatable bonds is 9. The van der Waals surface area contributed by atoms with Crippen molar-refractivity contribution in [1.82, 2.24) is 15.5 Å². The van der Waals surface area contributed by atoms with Crippen molar-refractivity contribution >= 4 is 40.8 Å². The van der Waals surface area contributed by atoms with Gasteiger partial charge in [0.25, 0.3) is 17.1 Å². The van der Waals surface area contributed by atoms with Crippen molar-refractivity contribution in [2.45, 2.75) is 6.92 Å². The second-order valence-electron chi connectivity index (χ2n) is 6.73. The molecule has 1 saturated heterocycles. The van der Waals surface area contributed by atoms with Gasteiger partial charge < -0.3 is 15.4 Å². The maximum absolute atomic E-state index is 12.5. The number of carbonyl (C=O) groups excluding carboxylic acids is 4. The summed E-state index contributed by atoms with van der Waals surface area (Å²) in [5, 5.41) is 4.75. The first-order valence-corrected chi connectivity index (χ1v) is 10.9. The maximum atomic E-state index is 12.5. The molecule has 4 amide bonds. The van der Waals surface area contributed by atoms with Crippen LogP contribution in [-0.2, 0) is 9.59 Å². The molecule has 32 heavy (non-hydrogen) atoms. The second kappa shape index (κ2) is 11.1. The lowest BCUT2D eigenvalue weighted by Gasteiger charge is -2.13. The van der Waals surface area contributed by atoms with Crippen molar-refractivity contribution in [3.63, 3.8) is 0 Å². The SMILES string of the molecule is CCOc1ccc(C(=O)NCC(=O)NCCN2C(=O)S/C(=C\c3ccccc3)C2=O)cc1. The van der Waals surface area contributed by atoms with Crippen LogP contribution in [0.15, 0.2) is 59.5 Å². The fourth-order valence-electron chi connectivity index (χ4n) is 2.89. The third kappa shape index (κ3) is 6.21. The zero-order valence-electron chi connectivity index (χ0n) is 17.5. The number of imide groups is 1. The molecule has 1 heterocycles. The molecule has 2 aromatic carbocycles. The Morgan fingerprint density at radius 2 is 1.75 bits per heavy atom. The van der Waals surface area contributed by atoms with Crippen molar-refractivity contribution < 1.29 is 23.9 Å². The van der Waals surface area contributed by atoms with Crippen molar-refractivity contribution in [2.75, 3.05) is 26.2 Å². The monoisotopic (exact) mass is 453 g/mol. The fourth-order valence-corrected chi connectivity index (χ4v) is 3.76. The summed E-state index contributed by atoms with van der Waals surface area (Å²) in [7, 11) is 0.